The van der Waals surface area contributed by atoms with Gasteiger partial charge in [0.05, 0.1) is 0 Å². The molecule has 0 radical (unpaired) electrons. The number of aryl methyl sites for hydroxylation is 1. The Labute approximate surface area is 120 Å². The molecule has 2 rings (SSSR count). The average Bonchev–Trinajstić information content (AvgIpc) is 2.35. The van der Waals surface area contributed by atoms with Gasteiger partial charge in [0.15, 0.2) is 5.11 Å². The van der Waals surface area contributed by atoms with E-state index >= 15 is 0 Å². The number of hydrogen-bond acceptors (Lipinski definition) is 2. The lowest BCUT2D eigenvalue weighted by Gasteiger charge is -2.11. The molecule has 0 unspecified atom stereocenters. The molecule has 2 N–H and O–H groups in total. The predicted molar refractivity (Wildman–Crippen MR) is 83.0 cm³/mol. The number of para-hydroxylation sites is 1. The van der Waals surface area contributed by atoms with E-state index in [2.05, 4.69) is 31.5 Å². The first-order chi connectivity index (χ1) is 8.65. The Morgan fingerprint density at radius 3 is 2.61 bits per heavy atom. The summed E-state index contributed by atoms with van der Waals surface area (Å²) in [5, 5.41) is 6.70. The van der Waals surface area contributed by atoms with Crippen molar-refractivity contribution in [2.24, 2.45) is 0 Å². The molecule has 0 saturated carbocycles. The van der Waals surface area contributed by atoms with Crippen molar-refractivity contribution in [3.63, 3.8) is 0 Å². The van der Waals surface area contributed by atoms with Gasteiger partial charge in [-0.3, -0.25) is 0 Å². The molecular weight excluding hydrogens is 310 g/mol. The lowest BCUT2D eigenvalue weighted by atomic mass is 10.2. The van der Waals surface area contributed by atoms with Crippen molar-refractivity contribution in [2.75, 3.05) is 10.6 Å². The molecule has 0 bridgehead atoms. The normalized spacial score (nSPS) is 9.89. The Kier molecular flexibility index (Phi) is 4.28. The minimum Gasteiger partial charge on any atom is -0.332 e. The highest BCUT2D eigenvalue weighted by Gasteiger charge is 2.01. The zero-order valence-electron chi connectivity index (χ0n) is 9.77. The van der Waals surface area contributed by atoms with E-state index in [-0.39, 0.29) is 0 Å². The zero-order chi connectivity index (χ0) is 13.0. The van der Waals surface area contributed by atoms with Crippen LogP contribution in [0.25, 0.3) is 0 Å². The van der Waals surface area contributed by atoms with Gasteiger partial charge in [-0.2, -0.15) is 0 Å². The van der Waals surface area contributed by atoms with E-state index in [1.807, 2.05) is 43.3 Å². The number of hydrogen-bond donors (Lipinski definition) is 2. The number of anilines is 2. The highest BCUT2D eigenvalue weighted by molar-refractivity contribution is 9.10. The first kappa shape index (κ1) is 13.0. The third-order valence-electron chi connectivity index (χ3n) is 2.36. The first-order valence-corrected chi connectivity index (χ1v) is 6.60. The second kappa shape index (κ2) is 5.93. The molecule has 0 spiro atoms. The number of pyridine rings is 1. The first-order valence-electron chi connectivity index (χ1n) is 5.40. The average molecular weight is 322 g/mol. The van der Waals surface area contributed by atoms with Gasteiger partial charge < -0.3 is 10.6 Å². The summed E-state index contributed by atoms with van der Waals surface area (Å²) in [6, 6.07) is 11.7. The molecule has 92 valence electrons. The van der Waals surface area contributed by atoms with Crippen LogP contribution in [0.1, 0.15) is 5.56 Å². The van der Waals surface area contributed by atoms with Gasteiger partial charge in [0.25, 0.3) is 0 Å². The van der Waals surface area contributed by atoms with Crippen LogP contribution in [0.2, 0.25) is 0 Å². The number of benzene rings is 1. The zero-order valence-corrected chi connectivity index (χ0v) is 12.2. The topological polar surface area (TPSA) is 37.0 Å². The van der Waals surface area contributed by atoms with Gasteiger partial charge in [-0.05, 0) is 58.8 Å². The Hall–Kier alpha value is -1.46. The van der Waals surface area contributed by atoms with Crippen molar-refractivity contribution in [2.45, 2.75) is 6.92 Å². The van der Waals surface area contributed by atoms with Crippen LogP contribution in [0, 0.1) is 6.92 Å². The van der Waals surface area contributed by atoms with Gasteiger partial charge in [0.1, 0.15) is 5.82 Å². The standard InChI is InChI=1S/C13H12BrN3S/c1-9-4-2-3-5-11(9)16-13(18)17-12-7-6-10(14)8-15-12/h2-8H,1H3,(H2,15,16,17,18). The summed E-state index contributed by atoms with van der Waals surface area (Å²) < 4.78 is 0.936. The van der Waals surface area contributed by atoms with Crippen LogP contribution in [0.3, 0.4) is 0 Å². The minimum atomic E-state index is 0.527. The number of nitrogens with one attached hydrogen (secondary N) is 2. The molecule has 0 aliphatic heterocycles. The monoisotopic (exact) mass is 321 g/mol. The van der Waals surface area contributed by atoms with E-state index in [9.17, 15) is 0 Å². The summed E-state index contributed by atoms with van der Waals surface area (Å²) in [5.74, 6) is 0.712. The number of rotatable bonds is 2. The highest BCUT2D eigenvalue weighted by atomic mass is 79.9. The van der Waals surface area contributed by atoms with Gasteiger partial charge in [-0.15, -0.1) is 0 Å². The molecule has 3 nitrogen and oxygen atoms in total. The van der Waals surface area contributed by atoms with Crippen LogP contribution >= 0.6 is 28.1 Å². The Morgan fingerprint density at radius 1 is 1.17 bits per heavy atom. The van der Waals surface area contributed by atoms with E-state index in [4.69, 9.17) is 12.2 Å². The Balaban J connectivity index is 2.01. The molecule has 5 heteroatoms. The molecule has 0 fully saturated rings. The summed E-state index contributed by atoms with van der Waals surface area (Å²) in [6.07, 6.45) is 1.72. The summed E-state index contributed by atoms with van der Waals surface area (Å²) >= 11 is 8.57. The van der Waals surface area contributed by atoms with Crippen molar-refractivity contribution >= 4 is 44.8 Å². The third-order valence-corrected chi connectivity index (χ3v) is 3.04. The van der Waals surface area contributed by atoms with Crippen molar-refractivity contribution < 1.29 is 0 Å². The fraction of sp³-hybridized carbons (Fsp3) is 0.0769. The van der Waals surface area contributed by atoms with Crippen LogP contribution in [-0.2, 0) is 0 Å². The van der Waals surface area contributed by atoms with Gasteiger partial charge in [0.2, 0.25) is 0 Å². The van der Waals surface area contributed by atoms with Crippen LogP contribution in [0.15, 0.2) is 47.1 Å². The maximum absolute atomic E-state index is 5.24. The van der Waals surface area contributed by atoms with Gasteiger partial charge >= 0.3 is 0 Å². The summed E-state index contributed by atoms with van der Waals surface area (Å²) in [6.45, 7) is 2.03. The summed E-state index contributed by atoms with van der Waals surface area (Å²) in [5.41, 5.74) is 2.14. The molecule has 1 heterocycles. The maximum Gasteiger partial charge on any atom is 0.176 e. The molecule has 0 saturated heterocycles. The number of aromatic nitrogens is 1. The third kappa shape index (κ3) is 3.51. The van der Waals surface area contributed by atoms with E-state index in [1.165, 1.54) is 0 Å². The van der Waals surface area contributed by atoms with Crippen LogP contribution < -0.4 is 10.6 Å². The maximum atomic E-state index is 5.24. The van der Waals surface area contributed by atoms with Crippen molar-refractivity contribution in [3.05, 3.63) is 52.6 Å². The molecule has 18 heavy (non-hydrogen) atoms. The van der Waals surface area contributed by atoms with E-state index in [1.54, 1.807) is 6.20 Å². The SMILES string of the molecule is Cc1ccccc1NC(=S)Nc1ccc(Br)cn1. The van der Waals surface area contributed by atoms with Crippen LogP contribution in [0.4, 0.5) is 11.5 Å². The molecule has 0 aliphatic rings. The fourth-order valence-electron chi connectivity index (χ4n) is 1.43. The van der Waals surface area contributed by atoms with Crippen molar-refractivity contribution in [1.29, 1.82) is 0 Å². The van der Waals surface area contributed by atoms with E-state index < -0.39 is 0 Å². The minimum absolute atomic E-state index is 0.527. The molecule has 0 amide bonds. The second-order valence-electron chi connectivity index (χ2n) is 3.76. The van der Waals surface area contributed by atoms with E-state index in [0.717, 1.165) is 15.7 Å². The van der Waals surface area contributed by atoms with Gasteiger partial charge in [-0.1, -0.05) is 18.2 Å². The molecule has 1 aromatic heterocycles. The molecular formula is C13H12BrN3S. The quantitative estimate of drug-likeness (QED) is 0.821. The number of thiocarbonyl (C=S) groups is 1. The van der Waals surface area contributed by atoms with Crippen molar-refractivity contribution in [1.82, 2.24) is 4.98 Å². The van der Waals surface area contributed by atoms with Gasteiger partial charge in [0, 0.05) is 16.4 Å². The largest absolute Gasteiger partial charge is 0.332 e. The Morgan fingerprint density at radius 2 is 1.94 bits per heavy atom. The van der Waals surface area contributed by atoms with Crippen LogP contribution in [-0.4, -0.2) is 10.1 Å². The van der Waals surface area contributed by atoms with Crippen molar-refractivity contribution in [3.8, 4) is 0 Å². The van der Waals surface area contributed by atoms with Crippen LogP contribution in [0.5, 0.6) is 0 Å². The predicted octanol–water partition coefficient (Wildman–Crippen LogP) is 3.96. The Bertz CT molecular complexity index is 554. The lowest BCUT2D eigenvalue weighted by Crippen LogP contribution is -2.20. The highest BCUT2D eigenvalue weighted by Crippen LogP contribution is 2.14. The number of nitrogens with zero attached hydrogens (tertiary/aromatic N) is 1. The van der Waals surface area contributed by atoms with Gasteiger partial charge in [-0.25, -0.2) is 4.98 Å². The second-order valence-corrected chi connectivity index (χ2v) is 5.08. The number of halogens is 1. The fourth-order valence-corrected chi connectivity index (χ4v) is 1.88. The molecule has 0 atom stereocenters. The lowest BCUT2D eigenvalue weighted by molar-refractivity contribution is 1.31. The molecule has 2 aromatic rings. The summed E-state index contributed by atoms with van der Waals surface area (Å²) in [7, 11) is 0. The molecule has 1 aromatic carbocycles. The van der Waals surface area contributed by atoms with E-state index in [0.29, 0.717) is 10.9 Å². The smallest absolute Gasteiger partial charge is 0.176 e. The molecule has 0 aliphatic carbocycles. The summed E-state index contributed by atoms with van der Waals surface area (Å²) in [4.78, 5) is 4.20.